The molecule has 84 valence electrons. The molecule has 1 saturated heterocycles. The first kappa shape index (κ1) is 12.0. The van der Waals surface area contributed by atoms with Gasteiger partial charge < -0.3 is 10.2 Å². The van der Waals surface area contributed by atoms with Gasteiger partial charge in [-0.2, -0.15) is 0 Å². The lowest BCUT2D eigenvalue weighted by molar-refractivity contribution is 0.312. The summed E-state index contributed by atoms with van der Waals surface area (Å²) in [5.74, 6) is 0.876. The van der Waals surface area contributed by atoms with Crippen LogP contribution < -0.4 is 5.32 Å². The van der Waals surface area contributed by atoms with Crippen molar-refractivity contribution < 1.29 is 0 Å². The fraction of sp³-hybridized carbons (Fsp3) is 1.00. The van der Waals surface area contributed by atoms with Crippen LogP contribution >= 0.6 is 0 Å². The number of rotatable bonds is 4. The molecule has 0 saturated carbocycles. The van der Waals surface area contributed by atoms with Crippen LogP contribution in [0.15, 0.2) is 0 Å². The van der Waals surface area contributed by atoms with Gasteiger partial charge in [-0.15, -0.1) is 0 Å². The van der Waals surface area contributed by atoms with Gasteiger partial charge in [-0.05, 0) is 59.2 Å². The molecule has 1 rings (SSSR count). The van der Waals surface area contributed by atoms with Crippen LogP contribution in [0.1, 0.15) is 40.5 Å². The van der Waals surface area contributed by atoms with Crippen molar-refractivity contribution in [2.75, 3.05) is 26.2 Å². The zero-order valence-corrected chi connectivity index (χ0v) is 10.3. The molecule has 0 aromatic rings. The molecule has 0 bridgehead atoms. The largest absolute Gasteiger partial charge is 0.312 e. The van der Waals surface area contributed by atoms with Crippen LogP contribution in [-0.2, 0) is 0 Å². The molecular formula is C12H26N2. The van der Waals surface area contributed by atoms with Crippen LogP contribution in [0, 0.1) is 5.92 Å². The lowest BCUT2D eigenvalue weighted by Gasteiger charge is -2.23. The highest BCUT2D eigenvalue weighted by Crippen LogP contribution is 2.16. The summed E-state index contributed by atoms with van der Waals surface area (Å²) >= 11 is 0. The lowest BCUT2D eigenvalue weighted by Crippen LogP contribution is -2.39. The van der Waals surface area contributed by atoms with E-state index in [4.69, 9.17) is 0 Å². The summed E-state index contributed by atoms with van der Waals surface area (Å²) in [6.45, 7) is 14.1. The van der Waals surface area contributed by atoms with Crippen molar-refractivity contribution in [1.29, 1.82) is 0 Å². The predicted molar refractivity (Wildman–Crippen MR) is 62.6 cm³/mol. The van der Waals surface area contributed by atoms with Crippen LogP contribution in [0.2, 0.25) is 0 Å². The molecule has 2 heteroatoms. The van der Waals surface area contributed by atoms with E-state index >= 15 is 0 Å². The zero-order valence-electron chi connectivity index (χ0n) is 10.3. The second kappa shape index (κ2) is 5.13. The first-order chi connectivity index (χ1) is 6.51. The van der Waals surface area contributed by atoms with E-state index in [1.54, 1.807) is 0 Å². The fourth-order valence-electron chi connectivity index (χ4n) is 2.05. The van der Waals surface area contributed by atoms with Gasteiger partial charge in [0.25, 0.3) is 0 Å². The number of hydrogen-bond donors (Lipinski definition) is 1. The second-order valence-electron chi connectivity index (χ2n) is 5.59. The van der Waals surface area contributed by atoms with Crippen molar-refractivity contribution in [1.82, 2.24) is 10.2 Å². The number of nitrogens with one attached hydrogen (secondary N) is 1. The van der Waals surface area contributed by atoms with Gasteiger partial charge in [-0.3, -0.25) is 0 Å². The Kier molecular flexibility index (Phi) is 4.39. The molecule has 0 aliphatic carbocycles. The fourth-order valence-corrected chi connectivity index (χ4v) is 2.05. The van der Waals surface area contributed by atoms with E-state index in [1.165, 1.54) is 39.0 Å². The third-order valence-electron chi connectivity index (χ3n) is 2.83. The highest BCUT2D eigenvalue weighted by Gasteiger charge is 2.22. The van der Waals surface area contributed by atoms with Crippen molar-refractivity contribution in [3.8, 4) is 0 Å². The van der Waals surface area contributed by atoms with Gasteiger partial charge in [0.2, 0.25) is 0 Å². The highest BCUT2D eigenvalue weighted by molar-refractivity contribution is 4.80. The monoisotopic (exact) mass is 198 g/mol. The second-order valence-corrected chi connectivity index (χ2v) is 5.59. The molecule has 0 spiro atoms. The maximum atomic E-state index is 3.60. The third kappa shape index (κ3) is 4.43. The minimum absolute atomic E-state index is 0.276. The molecule has 2 nitrogen and oxygen atoms in total. The van der Waals surface area contributed by atoms with Crippen molar-refractivity contribution in [3.63, 3.8) is 0 Å². The van der Waals surface area contributed by atoms with Crippen molar-refractivity contribution in [3.05, 3.63) is 0 Å². The van der Waals surface area contributed by atoms with Crippen LogP contribution in [0.3, 0.4) is 0 Å². The summed E-state index contributed by atoms with van der Waals surface area (Å²) in [6.07, 6.45) is 2.67. The molecule has 0 radical (unpaired) electrons. The van der Waals surface area contributed by atoms with Gasteiger partial charge in [0.1, 0.15) is 0 Å². The first-order valence-electron chi connectivity index (χ1n) is 5.98. The van der Waals surface area contributed by atoms with E-state index in [0.29, 0.717) is 0 Å². The minimum Gasteiger partial charge on any atom is -0.312 e. The Balaban J connectivity index is 2.16. The van der Waals surface area contributed by atoms with Gasteiger partial charge in [0.15, 0.2) is 0 Å². The summed E-state index contributed by atoms with van der Waals surface area (Å²) in [4.78, 5) is 2.59. The van der Waals surface area contributed by atoms with Crippen LogP contribution in [-0.4, -0.2) is 36.6 Å². The third-order valence-corrected chi connectivity index (χ3v) is 2.83. The van der Waals surface area contributed by atoms with E-state index in [-0.39, 0.29) is 5.54 Å². The van der Waals surface area contributed by atoms with Crippen molar-refractivity contribution in [2.45, 2.75) is 46.1 Å². The molecule has 1 fully saturated rings. The van der Waals surface area contributed by atoms with Gasteiger partial charge in [0, 0.05) is 12.1 Å². The molecule has 0 aromatic heterocycles. The maximum absolute atomic E-state index is 3.60. The highest BCUT2D eigenvalue weighted by atomic mass is 15.1. The summed E-state index contributed by atoms with van der Waals surface area (Å²) in [7, 11) is 0. The Bertz CT molecular complexity index is 160. The molecule has 14 heavy (non-hydrogen) atoms. The SMILES string of the molecule is CCCN1CCC(CNC(C)(C)C)C1. The molecule has 1 aliphatic rings. The van der Waals surface area contributed by atoms with Gasteiger partial charge in [-0.25, -0.2) is 0 Å². The van der Waals surface area contributed by atoms with E-state index in [0.717, 1.165) is 5.92 Å². The summed E-state index contributed by atoms with van der Waals surface area (Å²) in [5, 5.41) is 3.60. The van der Waals surface area contributed by atoms with Gasteiger partial charge >= 0.3 is 0 Å². The molecule has 1 aliphatic heterocycles. The van der Waals surface area contributed by atoms with E-state index < -0.39 is 0 Å². The quantitative estimate of drug-likeness (QED) is 0.744. The minimum atomic E-state index is 0.276. The molecule has 0 amide bonds. The summed E-state index contributed by atoms with van der Waals surface area (Å²) < 4.78 is 0. The number of likely N-dealkylation sites (tertiary alicyclic amines) is 1. The van der Waals surface area contributed by atoms with E-state index in [1.807, 2.05) is 0 Å². The predicted octanol–water partition coefficient (Wildman–Crippen LogP) is 2.11. The average molecular weight is 198 g/mol. The number of hydrogen-bond acceptors (Lipinski definition) is 2. The standard InChI is InChI=1S/C12H26N2/c1-5-7-14-8-6-11(10-14)9-13-12(2,3)4/h11,13H,5-10H2,1-4H3. The van der Waals surface area contributed by atoms with Crippen LogP contribution in [0.4, 0.5) is 0 Å². The van der Waals surface area contributed by atoms with Gasteiger partial charge in [0.05, 0.1) is 0 Å². The van der Waals surface area contributed by atoms with E-state index in [2.05, 4.69) is 37.9 Å². The van der Waals surface area contributed by atoms with Crippen LogP contribution in [0.25, 0.3) is 0 Å². The topological polar surface area (TPSA) is 15.3 Å². The Hall–Kier alpha value is -0.0800. The summed E-state index contributed by atoms with van der Waals surface area (Å²) in [6, 6.07) is 0. The smallest absolute Gasteiger partial charge is 0.00966 e. The lowest BCUT2D eigenvalue weighted by atomic mass is 10.1. The molecule has 1 heterocycles. The number of nitrogens with zero attached hydrogens (tertiary/aromatic N) is 1. The molecule has 0 aromatic carbocycles. The molecule has 1 N–H and O–H groups in total. The molecular weight excluding hydrogens is 172 g/mol. The van der Waals surface area contributed by atoms with Crippen molar-refractivity contribution in [2.24, 2.45) is 5.92 Å². The molecule has 1 unspecified atom stereocenters. The van der Waals surface area contributed by atoms with E-state index in [9.17, 15) is 0 Å². The summed E-state index contributed by atoms with van der Waals surface area (Å²) in [5.41, 5.74) is 0.276. The van der Waals surface area contributed by atoms with Crippen LogP contribution in [0.5, 0.6) is 0 Å². The average Bonchev–Trinajstić information content (AvgIpc) is 2.49. The normalized spacial score (nSPS) is 24.4. The molecule has 1 atom stereocenters. The Labute approximate surface area is 89.1 Å². The first-order valence-corrected chi connectivity index (χ1v) is 5.98. The van der Waals surface area contributed by atoms with Crippen molar-refractivity contribution >= 4 is 0 Å². The Morgan fingerprint density at radius 1 is 1.36 bits per heavy atom. The Morgan fingerprint density at radius 3 is 2.64 bits per heavy atom. The Morgan fingerprint density at radius 2 is 2.07 bits per heavy atom. The zero-order chi connectivity index (χ0) is 10.6. The van der Waals surface area contributed by atoms with Gasteiger partial charge in [-0.1, -0.05) is 6.92 Å². The maximum Gasteiger partial charge on any atom is 0.00966 e.